The highest BCUT2D eigenvalue weighted by atomic mass is 127. The van der Waals surface area contributed by atoms with Crippen LogP contribution in [0.25, 0.3) is 0 Å². The van der Waals surface area contributed by atoms with E-state index in [9.17, 15) is 0 Å². The van der Waals surface area contributed by atoms with Gasteiger partial charge < -0.3 is 24.4 Å². The number of halogens is 1. The molecular formula is C23H37IN4O3. The van der Waals surface area contributed by atoms with E-state index in [0.717, 1.165) is 94.9 Å². The van der Waals surface area contributed by atoms with Crippen LogP contribution in [0.1, 0.15) is 25.3 Å². The Balaban J connectivity index is 0.00000341. The molecule has 2 aliphatic heterocycles. The molecule has 1 aromatic rings. The molecule has 174 valence electrons. The summed E-state index contributed by atoms with van der Waals surface area (Å²) in [5.74, 6) is 2.81. The van der Waals surface area contributed by atoms with Crippen LogP contribution in [0, 0.1) is 0 Å². The summed E-state index contributed by atoms with van der Waals surface area (Å²) in [5, 5.41) is 3.46. The molecule has 0 bridgehead atoms. The van der Waals surface area contributed by atoms with Crippen molar-refractivity contribution >= 4 is 29.9 Å². The normalized spacial score (nSPS) is 17.6. The van der Waals surface area contributed by atoms with Gasteiger partial charge >= 0.3 is 0 Å². The second kappa shape index (κ2) is 13.8. The first-order chi connectivity index (χ1) is 14.7. The van der Waals surface area contributed by atoms with E-state index in [-0.39, 0.29) is 24.0 Å². The van der Waals surface area contributed by atoms with Crippen molar-refractivity contribution in [3.8, 4) is 11.5 Å². The summed E-state index contributed by atoms with van der Waals surface area (Å²) < 4.78 is 16.3. The quantitative estimate of drug-likeness (QED) is 0.235. The predicted octanol–water partition coefficient (Wildman–Crippen LogP) is 3.14. The van der Waals surface area contributed by atoms with E-state index >= 15 is 0 Å². The highest BCUT2D eigenvalue weighted by Gasteiger charge is 2.21. The fourth-order valence-electron chi connectivity index (χ4n) is 3.89. The molecule has 0 saturated carbocycles. The molecule has 0 amide bonds. The summed E-state index contributed by atoms with van der Waals surface area (Å²) in [6.07, 6.45) is 4.27. The summed E-state index contributed by atoms with van der Waals surface area (Å²) in [4.78, 5) is 9.72. The van der Waals surface area contributed by atoms with Crippen LogP contribution < -0.4 is 14.8 Å². The van der Waals surface area contributed by atoms with Crippen molar-refractivity contribution < 1.29 is 14.2 Å². The molecule has 0 aromatic heterocycles. The van der Waals surface area contributed by atoms with Crippen molar-refractivity contribution in [3.05, 3.63) is 35.4 Å². The van der Waals surface area contributed by atoms with Gasteiger partial charge in [-0.1, -0.05) is 11.6 Å². The predicted molar refractivity (Wildman–Crippen MR) is 136 cm³/mol. The molecule has 7 nitrogen and oxygen atoms in total. The maximum absolute atomic E-state index is 5.54. The fraction of sp³-hybridized carbons (Fsp3) is 0.609. The molecule has 2 aliphatic rings. The first-order valence-electron chi connectivity index (χ1n) is 11.0. The van der Waals surface area contributed by atoms with Crippen molar-refractivity contribution in [2.45, 2.75) is 26.3 Å². The maximum Gasteiger partial charge on any atom is 0.194 e. The molecule has 31 heavy (non-hydrogen) atoms. The Morgan fingerprint density at radius 2 is 1.97 bits per heavy atom. The molecule has 0 aliphatic carbocycles. The lowest BCUT2D eigenvalue weighted by molar-refractivity contribution is 0.153. The molecule has 1 fully saturated rings. The van der Waals surface area contributed by atoms with Crippen molar-refractivity contribution in [1.82, 2.24) is 15.1 Å². The number of nitrogens with zero attached hydrogens (tertiary/aromatic N) is 3. The Kier molecular flexibility index (Phi) is 11.5. The molecule has 0 atom stereocenters. The molecule has 0 unspecified atom stereocenters. The van der Waals surface area contributed by atoms with E-state index in [1.165, 1.54) is 5.57 Å². The summed E-state index contributed by atoms with van der Waals surface area (Å²) in [6.45, 7) is 10.2. The minimum absolute atomic E-state index is 0. The number of guanidine groups is 1. The van der Waals surface area contributed by atoms with Crippen molar-refractivity contribution in [3.63, 3.8) is 0 Å². The fourth-order valence-corrected chi connectivity index (χ4v) is 3.89. The van der Waals surface area contributed by atoms with Gasteiger partial charge in [0.25, 0.3) is 0 Å². The van der Waals surface area contributed by atoms with E-state index in [4.69, 9.17) is 19.2 Å². The average molecular weight is 544 g/mol. The largest absolute Gasteiger partial charge is 0.497 e. The van der Waals surface area contributed by atoms with E-state index in [1.807, 2.05) is 12.1 Å². The minimum atomic E-state index is 0. The van der Waals surface area contributed by atoms with Crippen LogP contribution in [0.3, 0.4) is 0 Å². The Hall–Kier alpha value is -1.52. The standard InChI is InChI=1S/C23H36N4O3.HI/c1-4-24-23(25-10-7-19-8-15-30-16-9-19)27-13-11-26(12-14-27)18-20-17-21(28-2)5-6-22(20)29-3;/h5-6,8,17H,4,7,9-16,18H2,1-3H3,(H,24,25);1H. The zero-order valence-corrected chi connectivity index (χ0v) is 21.4. The van der Waals surface area contributed by atoms with Gasteiger partial charge in [-0.3, -0.25) is 9.89 Å². The van der Waals surface area contributed by atoms with Gasteiger partial charge in [0.2, 0.25) is 0 Å². The second-order valence-corrected chi connectivity index (χ2v) is 7.61. The highest BCUT2D eigenvalue weighted by Crippen LogP contribution is 2.25. The number of ether oxygens (including phenoxy) is 3. The Labute approximate surface area is 203 Å². The number of methoxy groups -OCH3 is 2. The lowest BCUT2D eigenvalue weighted by Gasteiger charge is -2.36. The zero-order valence-electron chi connectivity index (χ0n) is 19.1. The molecule has 1 aromatic carbocycles. The van der Waals surface area contributed by atoms with Gasteiger partial charge in [-0.25, -0.2) is 0 Å². The first kappa shape index (κ1) is 25.7. The monoisotopic (exact) mass is 544 g/mol. The highest BCUT2D eigenvalue weighted by molar-refractivity contribution is 14.0. The lowest BCUT2D eigenvalue weighted by Crippen LogP contribution is -2.52. The number of benzene rings is 1. The van der Waals surface area contributed by atoms with Gasteiger partial charge in [-0.2, -0.15) is 0 Å². The molecule has 1 saturated heterocycles. The first-order valence-corrected chi connectivity index (χ1v) is 11.0. The van der Waals surface area contributed by atoms with Crippen LogP contribution in [0.15, 0.2) is 34.8 Å². The van der Waals surface area contributed by atoms with Gasteiger partial charge in [0.15, 0.2) is 5.96 Å². The minimum Gasteiger partial charge on any atom is -0.497 e. The molecule has 8 heteroatoms. The van der Waals surface area contributed by atoms with Crippen LogP contribution in [0.2, 0.25) is 0 Å². The van der Waals surface area contributed by atoms with Gasteiger partial charge in [0, 0.05) is 51.4 Å². The Morgan fingerprint density at radius 1 is 1.16 bits per heavy atom. The van der Waals surface area contributed by atoms with E-state index < -0.39 is 0 Å². The van der Waals surface area contributed by atoms with E-state index in [2.05, 4.69) is 34.2 Å². The number of hydrogen-bond donors (Lipinski definition) is 1. The molecule has 3 rings (SSSR count). The molecule has 2 heterocycles. The number of nitrogens with one attached hydrogen (secondary N) is 1. The summed E-state index contributed by atoms with van der Waals surface area (Å²) in [5.41, 5.74) is 2.63. The van der Waals surface area contributed by atoms with Crippen LogP contribution in [-0.4, -0.2) is 82.5 Å². The van der Waals surface area contributed by atoms with E-state index in [0.29, 0.717) is 0 Å². The third kappa shape index (κ3) is 7.84. The maximum atomic E-state index is 5.54. The van der Waals surface area contributed by atoms with Crippen LogP contribution >= 0.6 is 24.0 Å². The SMILES string of the molecule is CCNC(=NCCC1=CCOCC1)N1CCN(Cc2cc(OC)ccc2OC)CC1.I. The topological polar surface area (TPSA) is 58.6 Å². The summed E-state index contributed by atoms with van der Waals surface area (Å²) in [7, 11) is 3.42. The molecule has 1 N–H and O–H groups in total. The number of piperazine rings is 1. The average Bonchev–Trinajstić information content (AvgIpc) is 2.80. The zero-order chi connectivity index (χ0) is 21.2. The third-order valence-electron chi connectivity index (χ3n) is 5.64. The lowest BCUT2D eigenvalue weighted by atomic mass is 10.1. The number of rotatable bonds is 8. The van der Waals surface area contributed by atoms with Crippen molar-refractivity contribution in [1.29, 1.82) is 0 Å². The molecular weight excluding hydrogens is 507 g/mol. The smallest absolute Gasteiger partial charge is 0.194 e. The summed E-state index contributed by atoms with van der Waals surface area (Å²) >= 11 is 0. The summed E-state index contributed by atoms with van der Waals surface area (Å²) in [6, 6.07) is 5.99. The second-order valence-electron chi connectivity index (χ2n) is 7.61. The van der Waals surface area contributed by atoms with Crippen LogP contribution in [-0.2, 0) is 11.3 Å². The van der Waals surface area contributed by atoms with E-state index in [1.54, 1.807) is 14.2 Å². The van der Waals surface area contributed by atoms with Crippen LogP contribution in [0.4, 0.5) is 0 Å². The van der Waals surface area contributed by atoms with Gasteiger partial charge in [-0.05, 0) is 38.0 Å². The third-order valence-corrected chi connectivity index (χ3v) is 5.64. The number of hydrogen-bond acceptors (Lipinski definition) is 5. The van der Waals surface area contributed by atoms with Crippen molar-refractivity contribution in [2.24, 2.45) is 4.99 Å². The Morgan fingerprint density at radius 3 is 2.61 bits per heavy atom. The Bertz CT molecular complexity index is 734. The van der Waals surface area contributed by atoms with Gasteiger partial charge in [-0.15, -0.1) is 24.0 Å². The van der Waals surface area contributed by atoms with Gasteiger partial charge in [0.05, 0.1) is 27.4 Å². The molecule has 0 spiro atoms. The van der Waals surface area contributed by atoms with Crippen LogP contribution in [0.5, 0.6) is 11.5 Å². The number of aliphatic imine (C=N–C) groups is 1. The van der Waals surface area contributed by atoms with Crippen molar-refractivity contribution in [2.75, 3.05) is 66.7 Å². The van der Waals surface area contributed by atoms with Gasteiger partial charge in [0.1, 0.15) is 11.5 Å². The molecule has 0 radical (unpaired) electrons.